The quantitative estimate of drug-likeness (QED) is 0.870. The molecule has 100 valence electrons. The molecule has 1 unspecified atom stereocenters. The Labute approximate surface area is 106 Å². The molecule has 1 aromatic rings. The Hall–Kier alpha value is -1.17. The first kappa shape index (κ1) is 13.3. The molecule has 0 bridgehead atoms. The van der Waals surface area contributed by atoms with Crippen molar-refractivity contribution >= 4 is 0 Å². The van der Waals surface area contributed by atoms with Crippen molar-refractivity contribution in [2.24, 2.45) is 5.73 Å². The second-order valence-electron chi connectivity index (χ2n) is 4.57. The fraction of sp³-hybridized carbons (Fsp3) is 0.538. The van der Waals surface area contributed by atoms with E-state index < -0.39 is 0 Å². The van der Waals surface area contributed by atoms with Crippen LogP contribution in [0.3, 0.4) is 0 Å². The highest BCUT2D eigenvalue weighted by atomic mass is 19.1. The first-order valence-electron chi connectivity index (χ1n) is 6.10. The van der Waals surface area contributed by atoms with Gasteiger partial charge in [-0.05, 0) is 24.7 Å². The van der Waals surface area contributed by atoms with Crippen LogP contribution in [0.4, 0.5) is 4.39 Å². The van der Waals surface area contributed by atoms with Crippen LogP contribution >= 0.6 is 0 Å². The summed E-state index contributed by atoms with van der Waals surface area (Å²) in [5, 5.41) is 0. The van der Waals surface area contributed by atoms with E-state index in [4.69, 9.17) is 15.2 Å². The molecule has 0 amide bonds. The number of benzene rings is 1. The standard InChI is InChI=1S/C13H19FN2O2/c1-16-2-3-17-13(8-16)9-18-12-5-10(7-15)4-11(14)6-12/h4-6,13H,2-3,7-9,15H2,1H3. The van der Waals surface area contributed by atoms with Crippen LogP contribution in [0.2, 0.25) is 0 Å². The molecule has 2 rings (SSSR count). The van der Waals surface area contributed by atoms with Gasteiger partial charge < -0.3 is 20.1 Å². The smallest absolute Gasteiger partial charge is 0.127 e. The van der Waals surface area contributed by atoms with E-state index in [0.29, 0.717) is 25.5 Å². The minimum absolute atomic E-state index is 0.0355. The topological polar surface area (TPSA) is 47.7 Å². The molecule has 0 aliphatic carbocycles. The van der Waals surface area contributed by atoms with Gasteiger partial charge in [0, 0.05) is 25.7 Å². The molecule has 2 N–H and O–H groups in total. The molecule has 0 radical (unpaired) electrons. The molecule has 1 aliphatic heterocycles. The van der Waals surface area contributed by atoms with Gasteiger partial charge in [0.1, 0.15) is 24.3 Å². The zero-order chi connectivity index (χ0) is 13.0. The molecule has 5 heteroatoms. The van der Waals surface area contributed by atoms with Crippen LogP contribution in [0.5, 0.6) is 5.75 Å². The molecule has 18 heavy (non-hydrogen) atoms. The number of nitrogens with two attached hydrogens (primary N) is 1. The van der Waals surface area contributed by atoms with Gasteiger partial charge in [0.2, 0.25) is 0 Å². The number of hydrogen-bond donors (Lipinski definition) is 1. The molecule has 1 saturated heterocycles. The Morgan fingerprint density at radius 3 is 3.06 bits per heavy atom. The van der Waals surface area contributed by atoms with E-state index in [1.54, 1.807) is 6.07 Å². The van der Waals surface area contributed by atoms with Crippen molar-refractivity contribution in [1.29, 1.82) is 0 Å². The van der Waals surface area contributed by atoms with E-state index in [-0.39, 0.29) is 11.9 Å². The van der Waals surface area contributed by atoms with Gasteiger partial charge >= 0.3 is 0 Å². The second-order valence-corrected chi connectivity index (χ2v) is 4.57. The summed E-state index contributed by atoms with van der Waals surface area (Å²) < 4.78 is 24.4. The van der Waals surface area contributed by atoms with Crippen molar-refractivity contribution < 1.29 is 13.9 Å². The van der Waals surface area contributed by atoms with Gasteiger partial charge in [-0.1, -0.05) is 0 Å². The van der Waals surface area contributed by atoms with Gasteiger partial charge in [-0.2, -0.15) is 0 Å². The van der Waals surface area contributed by atoms with Crippen molar-refractivity contribution in [3.05, 3.63) is 29.6 Å². The van der Waals surface area contributed by atoms with Crippen LogP contribution in [-0.2, 0) is 11.3 Å². The summed E-state index contributed by atoms with van der Waals surface area (Å²) in [7, 11) is 2.05. The molecule has 0 saturated carbocycles. The maximum absolute atomic E-state index is 13.3. The number of nitrogens with zero attached hydrogens (tertiary/aromatic N) is 1. The van der Waals surface area contributed by atoms with Crippen molar-refractivity contribution in [3.63, 3.8) is 0 Å². The highest BCUT2D eigenvalue weighted by Crippen LogP contribution is 2.17. The molecule has 1 fully saturated rings. The fourth-order valence-electron chi connectivity index (χ4n) is 1.98. The number of likely N-dealkylation sites (N-methyl/N-ethyl adjacent to an activating group) is 1. The van der Waals surface area contributed by atoms with E-state index in [9.17, 15) is 4.39 Å². The van der Waals surface area contributed by atoms with E-state index in [0.717, 1.165) is 18.7 Å². The van der Waals surface area contributed by atoms with E-state index in [1.807, 2.05) is 7.05 Å². The van der Waals surface area contributed by atoms with Crippen molar-refractivity contribution in [3.8, 4) is 5.75 Å². The fourth-order valence-corrected chi connectivity index (χ4v) is 1.98. The molecule has 0 aromatic heterocycles. The number of morpholine rings is 1. The third-order valence-corrected chi connectivity index (χ3v) is 2.94. The molecule has 1 heterocycles. The largest absolute Gasteiger partial charge is 0.491 e. The Balaban J connectivity index is 1.91. The third kappa shape index (κ3) is 3.66. The predicted molar refractivity (Wildman–Crippen MR) is 67.0 cm³/mol. The molecule has 0 spiro atoms. The summed E-state index contributed by atoms with van der Waals surface area (Å²) in [6.45, 7) is 3.21. The van der Waals surface area contributed by atoms with Gasteiger partial charge in [0.15, 0.2) is 0 Å². The molecular weight excluding hydrogens is 235 g/mol. The van der Waals surface area contributed by atoms with E-state index in [2.05, 4.69) is 4.90 Å². The average Bonchev–Trinajstić information content (AvgIpc) is 2.36. The molecule has 1 atom stereocenters. The predicted octanol–water partition coefficient (Wildman–Crippen LogP) is 0.994. The zero-order valence-corrected chi connectivity index (χ0v) is 10.6. The first-order chi connectivity index (χ1) is 8.67. The SMILES string of the molecule is CN1CCOC(COc2cc(F)cc(CN)c2)C1. The summed E-state index contributed by atoms with van der Waals surface area (Å²) >= 11 is 0. The third-order valence-electron chi connectivity index (χ3n) is 2.94. The summed E-state index contributed by atoms with van der Waals surface area (Å²) in [5.74, 6) is 0.182. The monoisotopic (exact) mass is 254 g/mol. The maximum atomic E-state index is 13.3. The lowest BCUT2D eigenvalue weighted by Gasteiger charge is -2.29. The summed E-state index contributed by atoms with van der Waals surface area (Å²) in [4.78, 5) is 2.19. The van der Waals surface area contributed by atoms with Crippen LogP contribution in [0.25, 0.3) is 0 Å². The first-order valence-corrected chi connectivity index (χ1v) is 6.10. The normalized spacial score (nSPS) is 20.9. The minimum atomic E-state index is -0.324. The van der Waals surface area contributed by atoms with Crippen LogP contribution in [-0.4, -0.2) is 44.4 Å². The molecule has 4 nitrogen and oxygen atoms in total. The van der Waals surface area contributed by atoms with Gasteiger partial charge in [0.05, 0.1) is 6.61 Å². The summed E-state index contributed by atoms with van der Waals surface area (Å²) in [6.07, 6.45) is 0.0355. The highest BCUT2D eigenvalue weighted by Gasteiger charge is 2.18. The Morgan fingerprint density at radius 2 is 2.33 bits per heavy atom. The number of rotatable bonds is 4. The zero-order valence-electron chi connectivity index (χ0n) is 10.6. The van der Waals surface area contributed by atoms with E-state index >= 15 is 0 Å². The Morgan fingerprint density at radius 1 is 1.50 bits per heavy atom. The molecule has 1 aromatic carbocycles. The molecule has 1 aliphatic rings. The Kier molecular flexibility index (Phi) is 4.52. The van der Waals surface area contributed by atoms with Crippen LogP contribution in [0, 0.1) is 5.82 Å². The second kappa shape index (κ2) is 6.13. The Bertz CT molecular complexity index is 401. The van der Waals surface area contributed by atoms with Gasteiger partial charge in [-0.3, -0.25) is 0 Å². The van der Waals surface area contributed by atoms with Crippen LogP contribution in [0.1, 0.15) is 5.56 Å². The van der Waals surface area contributed by atoms with Crippen LogP contribution < -0.4 is 10.5 Å². The lowest BCUT2D eigenvalue weighted by molar-refractivity contribution is -0.0404. The van der Waals surface area contributed by atoms with E-state index in [1.165, 1.54) is 12.1 Å². The van der Waals surface area contributed by atoms with Gasteiger partial charge in [0.25, 0.3) is 0 Å². The number of hydrogen-bond acceptors (Lipinski definition) is 4. The summed E-state index contributed by atoms with van der Waals surface area (Å²) in [6, 6.07) is 4.54. The van der Waals surface area contributed by atoms with Gasteiger partial charge in [-0.25, -0.2) is 4.39 Å². The lowest BCUT2D eigenvalue weighted by atomic mass is 10.2. The minimum Gasteiger partial charge on any atom is -0.491 e. The highest BCUT2D eigenvalue weighted by molar-refractivity contribution is 5.29. The lowest BCUT2D eigenvalue weighted by Crippen LogP contribution is -2.42. The van der Waals surface area contributed by atoms with Crippen molar-refractivity contribution in [2.75, 3.05) is 33.4 Å². The maximum Gasteiger partial charge on any atom is 0.127 e. The van der Waals surface area contributed by atoms with Crippen molar-refractivity contribution in [1.82, 2.24) is 4.90 Å². The van der Waals surface area contributed by atoms with Gasteiger partial charge in [-0.15, -0.1) is 0 Å². The summed E-state index contributed by atoms with van der Waals surface area (Å²) in [5.41, 5.74) is 6.22. The molecular formula is C13H19FN2O2. The van der Waals surface area contributed by atoms with Crippen LogP contribution in [0.15, 0.2) is 18.2 Å². The van der Waals surface area contributed by atoms with Crippen molar-refractivity contribution in [2.45, 2.75) is 12.6 Å². The number of ether oxygens (including phenoxy) is 2. The average molecular weight is 254 g/mol. The number of halogens is 1.